The van der Waals surface area contributed by atoms with Crippen LogP contribution in [-0.2, 0) is 6.42 Å². The molecule has 0 aliphatic carbocycles. The van der Waals surface area contributed by atoms with Crippen LogP contribution in [0.2, 0.25) is 0 Å². The van der Waals surface area contributed by atoms with Gasteiger partial charge >= 0.3 is 0 Å². The number of nitrogens with two attached hydrogens (primary N) is 1. The molecular formula is C36H47N13. The maximum Gasteiger partial charge on any atom is 0.108 e. The van der Waals surface area contributed by atoms with Gasteiger partial charge in [0.1, 0.15) is 35.2 Å². The van der Waals surface area contributed by atoms with Crippen LogP contribution in [0.5, 0.6) is 0 Å². The summed E-state index contributed by atoms with van der Waals surface area (Å²) in [7, 11) is 0. The molecule has 0 amide bonds. The Morgan fingerprint density at radius 3 is 1.53 bits per heavy atom. The van der Waals surface area contributed by atoms with Gasteiger partial charge in [0, 0.05) is 6.42 Å². The fourth-order valence-electron chi connectivity index (χ4n) is 6.31. The van der Waals surface area contributed by atoms with Crippen molar-refractivity contribution >= 4 is 0 Å². The van der Waals surface area contributed by atoms with Crippen molar-refractivity contribution in [3.8, 4) is 0 Å². The van der Waals surface area contributed by atoms with Crippen molar-refractivity contribution in [2.45, 2.75) is 85.1 Å². The first-order valence-corrected chi connectivity index (χ1v) is 17.1. The molecule has 2 N–H and O–H groups in total. The third kappa shape index (κ3) is 7.36. The highest BCUT2D eigenvalue weighted by Crippen LogP contribution is 2.30. The van der Waals surface area contributed by atoms with E-state index in [0.717, 1.165) is 28.3 Å². The van der Waals surface area contributed by atoms with Gasteiger partial charge in [0.25, 0.3) is 0 Å². The minimum absolute atomic E-state index is 0.0454. The quantitative estimate of drug-likeness (QED) is 0.157. The molecule has 6 rings (SSSR count). The molecule has 5 atom stereocenters. The summed E-state index contributed by atoms with van der Waals surface area (Å²) in [5, 5.41) is 36.7. The summed E-state index contributed by atoms with van der Waals surface area (Å²) in [6.07, 6.45) is 8.62. The highest BCUT2D eigenvalue weighted by molar-refractivity contribution is 5.21. The zero-order valence-corrected chi connectivity index (χ0v) is 29.4. The van der Waals surface area contributed by atoms with Crippen LogP contribution < -0.4 is 5.73 Å². The minimum atomic E-state index is -0.257. The molecule has 0 unspecified atom stereocenters. The Hall–Kier alpha value is -5.04. The highest BCUT2D eigenvalue weighted by Gasteiger charge is 2.29. The lowest BCUT2D eigenvalue weighted by atomic mass is 10.0. The van der Waals surface area contributed by atoms with Crippen molar-refractivity contribution in [2.75, 3.05) is 0 Å². The first-order chi connectivity index (χ1) is 23.6. The van der Waals surface area contributed by atoms with E-state index in [1.165, 1.54) is 5.56 Å². The van der Waals surface area contributed by atoms with E-state index in [0.29, 0.717) is 6.42 Å². The van der Waals surface area contributed by atoms with Crippen molar-refractivity contribution in [3.05, 3.63) is 119 Å². The molecule has 0 radical (unpaired) electrons. The lowest BCUT2D eigenvalue weighted by Crippen LogP contribution is -2.19. The summed E-state index contributed by atoms with van der Waals surface area (Å²) in [5.74, 6) is 0.601. The summed E-state index contributed by atoms with van der Waals surface area (Å²) in [6, 6.07) is 19.9. The minimum Gasteiger partial charge on any atom is -0.322 e. The number of aromatic nitrogens is 12. The Kier molecular flexibility index (Phi) is 10.1. The molecule has 13 heteroatoms. The van der Waals surface area contributed by atoms with Crippen LogP contribution >= 0.6 is 0 Å². The van der Waals surface area contributed by atoms with E-state index >= 15 is 0 Å². The van der Waals surface area contributed by atoms with E-state index in [9.17, 15) is 0 Å². The molecule has 4 aromatic heterocycles. The fraction of sp³-hybridized carbons (Fsp3) is 0.444. The van der Waals surface area contributed by atoms with Crippen molar-refractivity contribution in [1.29, 1.82) is 0 Å². The van der Waals surface area contributed by atoms with E-state index in [-0.39, 0.29) is 48.0 Å². The van der Waals surface area contributed by atoms with Crippen LogP contribution in [0.4, 0.5) is 0 Å². The van der Waals surface area contributed by atoms with Gasteiger partial charge in [0.2, 0.25) is 0 Å². The third-order valence-electron chi connectivity index (χ3n) is 9.22. The monoisotopic (exact) mass is 661 g/mol. The lowest BCUT2D eigenvalue weighted by Gasteiger charge is -2.19. The molecule has 2 aromatic carbocycles. The number of rotatable bonds is 14. The third-order valence-corrected chi connectivity index (χ3v) is 9.22. The first kappa shape index (κ1) is 33.8. The van der Waals surface area contributed by atoms with Crippen LogP contribution in [-0.4, -0.2) is 60.0 Å². The zero-order chi connectivity index (χ0) is 34.7. The molecule has 0 saturated heterocycles. The van der Waals surface area contributed by atoms with Gasteiger partial charge < -0.3 is 5.73 Å². The van der Waals surface area contributed by atoms with Crippen molar-refractivity contribution in [1.82, 2.24) is 60.0 Å². The number of hydrogen-bond acceptors (Lipinski definition) is 9. The lowest BCUT2D eigenvalue weighted by molar-refractivity contribution is 0.386. The summed E-state index contributed by atoms with van der Waals surface area (Å²) in [4.78, 5) is 0. The van der Waals surface area contributed by atoms with Crippen LogP contribution in [0.3, 0.4) is 0 Å². The Morgan fingerprint density at radius 1 is 0.510 bits per heavy atom. The normalized spacial score (nSPS) is 15.2. The van der Waals surface area contributed by atoms with E-state index in [1.54, 1.807) is 0 Å². The SMILES string of the molecule is CC(C)[C@H](N)c1cn([C@H](c2cn([C@@H](Cc3ccccc3)c3cn([C@H](c4cn([C@H](C)c5ccccc5)nn4)C(C)C)nn3)nn2)C(C)C)nn1. The maximum absolute atomic E-state index is 6.39. The van der Waals surface area contributed by atoms with Crippen LogP contribution in [0.15, 0.2) is 85.5 Å². The Balaban J connectivity index is 1.32. The van der Waals surface area contributed by atoms with E-state index in [4.69, 9.17) is 10.8 Å². The average Bonchev–Trinajstić information content (AvgIpc) is 3.93. The van der Waals surface area contributed by atoms with E-state index in [2.05, 4.69) is 109 Å². The van der Waals surface area contributed by atoms with E-state index in [1.807, 2.05) is 79.9 Å². The van der Waals surface area contributed by atoms with Crippen molar-refractivity contribution < 1.29 is 0 Å². The molecule has 13 nitrogen and oxygen atoms in total. The van der Waals surface area contributed by atoms with Gasteiger partial charge in [0.15, 0.2) is 0 Å². The topological polar surface area (TPSA) is 149 Å². The van der Waals surface area contributed by atoms with Gasteiger partial charge in [-0.25, -0.2) is 18.7 Å². The van der Waals surface area contributed by atoms with Crippen molar-refractivity contribution in [2.24, 2.45) is 23.5 Å². The van der Waals surface area contributed by atoms with Crippen LogP contribution in [0, 0.1) is 17.8 Å². The molecule has 0 saturated carbocycles. The molecule has 4 heterocycles. The second-order valence-corrected chi connectivity index (χ2v) is 13.9. The van der Waals surface area contributed by atoms with E-state index < -0.39 is 0 Å². The molecule has 6 aromatic rings. The van der Waals surface area contributed by atoms with Gasteiger partial charge in [-0.15, -0.1) is 20.4 Å². The van der Waals surface area contributed by atoms with Gasteiger partial charge in [0.05, 0.1) is 42.6 Å². The average molecular weight is 662 g/mol. The largest absolute Gasteiger partial charge is 0.322 e. The second-order valence-electron chi connectivity index (χ2n) is 13.9. The summed E-state index contributed by atoms with van der Waals surface area (Å²) < 4.78 is 7.57. The fourth-order valence-corrected chi connectivity index (χ4v) is 6.31. The van der Waals surface area contributed by atoms with Crippen LogP contribution in [0.25, 0.3) is 0 Å². The standard InChI is InChI=1S/C36H47N13/c1-23(2)34(37)30-20-49(45-39-30)36(25(5)6)32-22-47(43-41-32)33(18-27-14-10-8-11-15-27)29-19-48(44-38-29)35(24(3)4)31-21-46(42-40-31)26(7)28-16-12-9-13-17-28/h8-17,19-26,33-36H,18,37H2,1-7H3/t26-,33+,34+,35+,36+/m1/s1. The summed E-state index contributed by atoms with van der Waals surface area (Å²) in [6.45, 7) is 14.9. The summed E-state index contributed by atoms with van der Waals surface area (Å²) >= 11 is 0. The maximum atomic E-state index is 6.39. The molecule has 0 aliphatic rings. The Bertz CT molecular complexity index is 1900. The zero-order valence-electron chi connectivity index (χ0n) is 29.4. The molecule has 0 spiro atoms. The predicted octanol–water partition coefficient (Wildman–Crippen LogP) is 5.64. The molecular weight excluding hydrogens is 614 g/mol. The van der Waals surface area contributed by atoms with Crippen molar-refractivity contribution in [3.63, 3.8) is 0 Å². The molecule has 0 fully saturated rings. The Morgan fingerprint density at radius 2 is 0.959 bits per heavy atom. The smallest absolute Gasteiger partial charge is 0.108 e. The molecule has 0 bridgehead atoms. The van der Waals surface area contributed by atoms with Gasteiger partial charge in [-0.2, -0.15) is 0 Å². The molecule has 0 aliphatic heterocycles. The Labute approximate surface area is 287 Å². The molecule has 49 heavy (non-hydrogen) atoms. The molecule has 256 valence electrons. The van der Waals surface area contributed by atoms with Gasteiger partial charge in [-0.3, -0.25) is 0 Å². The van der Waals surface area contributed by atoms with Gasteiger partial charge in [-0.1, -0.05) is 123 Å². The second kappa shape index (κ2) is 14.6. The van der Waals surface area contributed by atoms with Gasteiger partial charge in [-0.05, 0) is 35.8 Å². The number of benzene rings is 2. The predicted molar refractivity (Wildman–Crippen MR) is 186 cm³/mol. The highest BCUT2D eigenvalue weighted by atomic mass is 15.5. The van der Waals surface area contributed by atoms with Crippen LogP contribution in [0.1, 0.15) is 113 Å². The summed E-state index contributed by atoms with van der Waals surface area (Å²) in [5.41, 5.74) is 11.9. The number of nitrogens with zero attached hydrogens (tertiary/aromatic N) is 12. The number of hydrogen-bond donors (Lipinski definition) is 1. The first-order valence-electron chi connectivity index (χ1n) is 17.1.